The number of fused-ring (bicyclic) bond motifs is 2. The van der Waals surface area contributed by atoms with E-state index in [1.807, 2.05) is 0 Å². The van der Waals surface area contributed by atoms with Gasteiger partial charge in [-0.2, -0.15) is 0 Å². The van der Waals surface area contributed by atoms with E-state index in [-0.39, 0.29) is 5.41 Å². The summed E-state index contributed by atoms with van der Waals surface area (Å²) in [7, 11) is 0. The summed E-state index contributed by atoms with van der Waals surface area (Å²) in [5, 5.41) is 5.05. The fourth-order valence-corrected chi connectivity index (χ4v) is 9.00. The van der Waals surface area contributed by atoms with Crippen molar-refractivity contribution in [3.63, 3.8) is 0 Å². The van der Waals surface area contributed by atoms with Crippen LogP contribution in [0.2, 0.25) is 0 Å². The summed E-state index contributed by atoms with van der Waals surface area (Å²) >= 11 is 0. The molecule has 59 heavy (non-hydrogen) atoms. The zero-order valence-electron chi connectivity index (χ0n) is 35.7. The Morgan fingerprint density at radius 2 is 0.729 bits per heavy atom. The maximum atomic E-state index is 2.49. The number of benzene rings is 9. The van der Waals surface area contributed by atoms with Gasteiger partial charge < -0.3 is 0 Å². The van der Waals surface area contributed by atoms with Gasteiger partial charge in [-0.15, -0.1) is 0 Å². The van der Waals surface area contributed by atoms with Crippen molar-refractivity contribution in [3.05, 3.63) is 203 Å². The molecular weight excluding hydrogens is 709 g/mol. The fourth-order valence-electron chi connectivity index (χ4n) is 9.00. The predicted octanol–water partition coefficient (Wildman–Crippen LogP) is 16.8. The third kappa shape index (κ3) is 7.30. The number of hydrogen-bond acceptors (Lipinski definition) is 0. The van der Waals surface area contributed by atoms with Crippen molar-refractivity contribution in [1.29, 1.82) is 0 Å². The average Bonchev–Trinajstić information content (AvgIpc) is 3.23. The lowest BCUT2D eigenvalue weighted by molar-refractivity contribution is 0.591. The first-order valence-corrected chi connectivity index (χ1v) is 21.0. The Balaban J connectivity index is 1.41. The highest BCUT2D eigenvalue weighted by atomic mass is 14.3. The molecule has 0 aromatic heterocycles. The summed E-state index contributed by atoms with van der Waals surface area (Å²) < 4.78 is 0. The van der Waals surface area contributed by atoms with Gasteiger partial charge in [-0.25, -0.2) is 0 Å². The third-order valence-corrected chi connectivity index (χ3v) is 12.3. The minimum atomic E-state index is -0.0338. The van der Waals surface area contributed by atoms with Gasteiger partial charge in [-0.05, 0) is 187 Å². The Labute approximate surface area is 350 Å². The SMILES string of the molecule is Cc1cccc(-c2cc(-c3cccc(C)c3)cc(-c3c4ccccc4c(-c4cc(-c5cccc(C)c5)cc(-c5cccc(C)c5C)c4)c4cc(C(C)(C)C)ccc34)c2)c1. The standard InChI is InChI=1S/C59H52/c1-37-15-11-19-42(27-37)45-30-46(43-20-12-16-38(2)28-43)33-49(32-45)57-53-22-9-10-23-54(53)58(56-36-51(59(6,7)8)25-26-55(56)57)50-34-47(44-21-13-17-39(3)29-44)31-48(35-50)52-24-14-18-40(4)41(52)5/h9-36H,1-8H3. The maximum Gasteiger partial charge on any atom is -0.00258 e. The smallest absolute Gasteiger partial charge is 0.00258 e. The quantitative estimate of drug-likeness (QED) is 0.148. The predicted molar refractivity (Wildman–Crippen MR) is 256 cm³/mol. The normalized spacial score (nSPS) is 11.7. The van der Waals surface area contributed by atoms with Crippen molar-refractivity contribution < 1.29 is 0 Å². The van der Waals surface area contributed by atoms with E-state index in [4.69, 9.17) is 0 Å². The van der Waals surface area contributed by atoms with Gasteiger partial charge in [0.15, 0.2) is 0 Å². The lowest BCUT2D eigenvalue weighted by Crippen LogP contribution is -2.10. The van der Waals surface area contributed by atoms with Gasteiger partial charge in [0, 0.05) is 0 Å². The lowest BCUT2D eigenvalue weighted by atomic mass is 9.80. The maximum absolute atomic E-state index is 2.49. The van der Waals surface area contributed by atoms with Gasteiger partial charge in [-0.1, -0.05) is 165 Å². The fraction of sp³-hybridized carbons (Fsp3) is 0.153. The van der Waals surface area contributed by atoms with Gasteiger partial charge in [-0.3, -0.25) is 0 Å². The molecule has 0 fully saturated rings. The number of aryl methyl sites for hydroxylation is 4. The van der Waals surface area contributed by atoms with Crippen LogP contribution in [-0.4, -0.2) is 0 Å². The van der Waals surface area contributed by atoms with Crippen LogP contribution in [-0.2, 0) is 5.41 Å². The van der Waals surface area contributed by atoms with E-state index in [2.05, 4.69) is 225 Å². The molecule has 9 aromatic carbocycles. The molecule has 0 unspecified atom stereocenters. The molecule has 0 aliphatic rings. The highest BCUT2D eigenvalue weighted by Crippen LogP contribution is 2.48. The molecule has 0 aliphatic heterocycles. The van der Waals surface area contributed by atoms with Crippen LogP contribution < -0.4 is 0 Å². The first kappa shape index (κ1) is 38.0. The highest BCUT2D eigenvalue weighted by Gasteiger charge is 2.22. The summed E-state index contributed by atoms with van der Waals surface area (Å²) in [5.74, 6) is 0. The molecule has 0 nitrogen and oxygen atoms in total. The van der Waals surface area contributed by atoms with E-state index >= 15 is 0 Å². The Hall–Kier alpha value is -6.50. The van der Waals surface area contributed by atoms with Gasteiger partial charge in [0.05, 0.1) is 0 Å². The zero-order valence-corrected chi connectivity index (χ0v) is 35.7. The monoisotopic (exact) mass is 760 g/mol. The molecular formula is C59H52. The van der Waals surface area contributed by atoms with Crippen molar-refractivity contribution in [2.75, 3.05) is 0 Å². The molecule has 0 spiro atoms. The lowest BCUT2D eigenvalue weighted by Gasteiger charge is -2.24. The van der Waals surface area contributed by atoms with Crippen molar-refractivity contribution >= 4 is 21.5 Å². The van der Waals surface area contributed by atoms with Crippen molar-refractivity contribution in [1.82, 2.24) is 0 Å². The molecule has 9 aromatic rings. The van der Waals surface area contributed by atoms with E-state index < -0.39 is 0 Å². The van der Waals surface area contributed by atoms with Crippen molar-refractivity contribution in [2.45, 2.75) is 60.8 Å². The van der Waals surface area contributed by atoms with Crippen LogP contribution in [0.1, 0.15) is 54.2 Å². The molecule has 0 amide bonds. The Bertz CT molecular complexity index is 3010. The molecule has 0 heterocycles. The molecule has 9 rings (SSSR count). The molecule has 0 radical (unpaired) electrons. The summed E-state index contributed by atoms with van der Waals surface area (Å²) in [6.07, 6.45) is 0. The second kappa shape index (κ2) is 15.0. The minimum Gasteiger partial charge on any atom is -0.0616 e. The van der Waals surface area contributed by atoms with Crippen LogP contribution in [0, 0.1) is 34.6 Å². The van der Waals surface area contributed by atoms with Crippen LogP contribution in [0.15, 0.2) is 170 Å². The first-order chi connectivity index (χ1) is 28.4. The second-order valence-electron chi connectivity index (χ2n) is 17.8. The van der Waals surface area contributed by atoms with E-state index in [0.29, 0.717) is 0 Å². The zero-order chi connectivity index (χ0) is 41.0. The van der Waals surface area contributed by atoms with Gasteiger partial charge in [0.25, 0.3) is 0 Å². The molecule has 0 saturated carbocycles. The summed E-state index contributed by atoms with van der Waals surface area (Å²) in [5.41, 5.74) is 22.6. The van der Waals surface area contributed by atoms with Crippen molar-refractivity contribution in [2.24, 2.45) is 0 Å². The molecule has 0 N–H and O–H groups in total. The third-order valence-electron chi connectivity index (χ3n) is 12.3. The molecule has 0 saturated heterocycles. The number of hydrogen-bond donors (Lipinski definition) is 0. The Morgan fingerprint density at radius 3 is 1.22 bits per heavy atom. The summed E-state index contributed by atoms with van der Waals surface area (Å²) in [6.45, 7) is 18.0. The Kier molecular flexibility index (Phi) is 9.69. The van der Waals surface area contributed by atoms with E-state index in [1.165, 1.54) is 122 Å². The van der Waals surface area contributed by atoms with E-state index in [1.54, 1.807) is 0 Å². The van der Waals surface area contributed by atoms with Crippen molar-refractivity contribution in [3.8, 4) is 66.8 Å². The van der Waals surface area contributed by atoms with E-state index in [0.717, 1.165) is 0 Å². The summed E-state index contributed by atoms with van der Waals surface area (Å²) in [6, 6.07) is 64.3. The van der Waals surface area contributed by atoms with Crippen LogP contribution in [0.4, 0.5) is 0 Å². The second-order valence-corrected chi connectivity index (χ2v) is 17.8. The van der Waals surface area contributed by atoms with Gasteiger partial charge >= 0.3 is 0 Å². The van der Waals surface area contributed by atoms with Crippen LogP contribution in [0.3, 0.4) is 0 Å². The molecule has 0 bridgehead atoms. The first-order valence-electron chi connectivity index (χ1n) is 21.0. The molecule has 0 heteroatoms. The topological polar surface area (TPSA) is 0 Å². The van der Waals surface area contributed by atoms with E-state index in [9.17, 15) is 0 Å². The average molecular weight is 761 g/mol. The summed E-state index contributed by atoms with van der Waals surface area (Å²) in [4.78, 5) is 0. The van der Waals surface area contributed by atoms with Gasteiger partial charge in [0.1, 0.15) is 0 Å². The molecule has 0 aliphatic carbocycles. The van der Waals surface area contributed by atoms with Gasteiger partial charge in [0.2, 0.25) is 0 Å². The minimum absolute atomic E-state index is 0.0338. The van der Waals surface area contributed by atoms with Crippen LogP contribution in [0.5, 0.6) is 0 Å². The highest BCUT2D eigenvalue weighted by molar-refractivity contribution is 6.22. The van der Waals surface area contributed by atoms with Crippen LogP contribution >= 0.6 is 0 Å². The molecule has 0 atom stereocenters. The largest absolute Gasteiger partial charge is 0.0616 e. The van der Waals surface area contributed by atoms with Crippen LogP contribution in [0.25, 0.3) is 88.3 Å². The molecule has 288 valence electrons. The number of rotatable bonds is 6. The Morgan fingerprint density at radius 1 is 0.305 bits per heavy atom.